The molecule has 24 heavy (non-hydrogen) atoms. The van der Waals surface area contributed by atoms with Crippen LogP contribution in [0.3, 0.4) is 0 Å². The molecule has 4 unspecified atom stereocenters. The van der Waals surface area contributed by atoms with Crippen LogP contribution in [0, 0.1) is 0 Å². The third-order valence-electron chi connectivity index (χ3n) is 3.00. The minimum absolute atomic E-state index is 0.0369. The standard InChI is InChI=1S/C12H26N6O5S/c1-6(20)8(13)4-16-15-3-7(2-10(14)21)17-12(24)18-9(5-19)11(22)23/h6-9,15-16,19-20H,2-5,13H2,1H3,(H2,14,21)(H,22,23)(H2,17,18,24). The van der Waals surface area contributed by atoms with Gasteiger partial charge < -0.3 is 37.4 Å². The highest BCUT2D eigenvalue weighted by Crippen LogP contribution is 1.92. The molecule has 0 spiro atoms. The van der Waals surface area contributed by atoms with E-state index in [-0.39, 0.29) is 24.6 Å². The second-order valence-corrected chi connectivity index (χ2v) is 5.63. The van der Waals surface area contributed by atoms with Crippen LogP contribution in [-0.2, 0) is 9.59 Å². The quantitative estimate of drug-likeness (QED) is 0.0926. The fraction of sp³-hybridized carbons (Fsp3) is 0.750. The predicted octanol–water partition coefficient (Wildman–Crippen LogP) is -4.06. The van der Waals surface area contributed by atoms with Gasteiger partial charge in [0.05, 0.1) is 18.8 Å². The van der Waals surface area contributed by atoms with Crippen LogP contribution < -0.4 is 33.0 Å². The van der Waals surface area contributed by atoms with E-state index in [1.54, 1.807) is 6.92 Å². The highest BCUT2D eigenvalue weighted by molar-refractivity contribution is 7.80. The van der Waals surface area contributed by atoms with Gasteiger partial charge in [-0.2, -0.15) is 0 Å². The summed E-state index contributed by atoms with van der Waals surface area (Å²) in [7, 11) is 0. The molecule has 4 atom stereocenters. The summed E-state index contributed by atoms with van der Waals surface area (Å²) in [4.78, 5) is 21.9. The molecule has 0 saturated heterocycles. The molecule has 0 bridgehead atoms. The van der Waals surface area contributed by atoms with E-state index in [0.29, 0.717) is 0 Å². The van der Waals surface area contributed by atoms with Crippen molar-refractivity contribution in [3.05, 3.63) is 0 Å². The SMILES string of the molecule is CC(O)C(N)CNNCC(CC(N)=O)NC(=S)NC(CO)C(=O)O. The predicted molar refractivity (Wildman–Crippen MR) is 90.6 cm³/mol. The van der Waals surface area contributed by atoms with Crippen molar-refractivity contribution >= 4 is 29.2 Å². The molecule has 0 rings (SSSR count). The molecule has 0 saturated carbocycles. The molecule has 0 aromatic carbocycles. The molecular formula is C12H26N6O5S. The molecule has 0 heterocycles. The maximum absolute atomic E-state index is 11.1. The highest BCUT2D eigenvalue weighted by atomic mass is 32.1. The largest absolute Gasteiger partial charge is 0.480 e. The molecule has 0 aliphatic heterocycles. The lowest BCUT2D eigenvalue weighted by molar-refractivity contribution is -0.140. The number of hydrogen-bond acceptors (Lipinski definition) is 8. The van der Waals surface area contributed by atoms with Gasteiger partial charge in [0.25, 0.3) is 0 Å². The number of amides is 1. The Bertz CT molecular complexity index is 425. The Balaban J connectivity index is 4.37. The van der Waals surface area contributed by atoms with Gasteiger partial charge in [-0.05, 0) is 19.1 Å². The summed E-state index contributed by atoms with van der Waals surface area (Å²) < 4.78 is 0. The zero-order valence-electron chi connectivity index (χ0n) is 13.4. The summed E-state index contributed by atoms with van der Waals surface area (Å²) in [5.41, 5.74) is 16.4. The van der Waals surface area contributed by atoms with E-state index < -0.39 is 42.7 Å². The van der Waals surface area contributed by atoms with E-state index in [2.05, 4.69) is 21.5 Å². The highest BCUT2D eigenvalue weighted by Gasteiger charge is 2.19. The third kappa shape index (κ3) is 10.3. The van der Waals surface area contributed by atoms with Gasteiger partial charge in [0.1, 0.15) is 6.04 Å². The smallest absolute Gasteiger partial charge is 0.328 e. The van der Waals surface area contributed by atoms with Crippen molar-refractivity contribution in [1.82, 2.24) is 21.5 Å². The second kappa shape index (κ2) is 11.9. The van der Waals surface area contributed by atoms with Crippen LogP contribution >= 0.6 is 12.2 Å². The Morgan fingerprint density at radius 2 is 1.79 bits per heavy atom. The van der Waals surface area contributed by atoms with Crippen molar-refractivity contribution in [2.24, 2.45) is 11.5 Å². The van der Waals surface area contributed by atoms with Crippen molar-refractivity contribution in [2.45, 2.75) is 37.6 Å². The minimum atomic E-state index is -1.26. The number of rotatable bonds is 12. The molecule has 140 valence electrons. The molecule has 0 aromatic rings. The number of aliphatic carboxylic acids is 1. The number of aliphatic hydroxyl groups excluding tert-OH is 2. The van der Waals surface area contributed by atoms with Crippen LogP contribution in [0.25, 0.3) is 0 Å². The van der Waals surface area contributed by atoms with Crippen LogP contribution in [0.4, 0.5) is 0 Å². The topological polar surface area (TPSA) is 195 Å². The van der Waals surface area contributed by atoms with Crippen molar-refractivity contribution in [1.29, 1.82) is 0 Å². The second-order valence-electron chi connectivity index (χ2n) is 5.22. The third-order valence-corrected chi connectivity index (χ3v) is 3.24. The fourth-order valence-corrected chi connectivity index (χ4v) is 1.85. The van der Waals surface area contributed by atoms with Gasteiger partial charge in [-0.15, -0.1) is 0 Å². The molecule has 0 radical (unpaired) electrons. The summed E-state index contributed by atoms with van der Waals surface area (Å²) in [6.45, 7) is 1.42. The van der Waals surface area contributed by atoms with Gasteiger partial charge in [0.15, 0.2) is 5.11 Å². The number of carboxylic acids is 1. The molecule has 1 amide bonds. The Kier molecular flexibility index (Phi) is 11.1. The van der Waals surface area contributed by atoms with Crippen molar-refractivity contribution in [3.8, 4) is 0 Å². The van der Waals surface area contributed by atoms with Gasteiger partial charge in [-0.3, -0.25) is 15.6 Å². The first-order chi connectivity index (χ1) is 11.2. The number of nitrogens with two attached hydrogens (primary N) is 2. The number of carbonyl (C=O) groups is 2. The minimum Gasteiger partial charge on any atom is -0.480 e. The lowest BCUT2D eigenvalue weighted by atomic mass is 10.2. The Morgan fingerprint density at radius 3 is 2.25 bits per heavy atom. The summed E-state index contributed by atoms with van der Waals surface area (Å²) in [6.07, 6.45) is -0.738. The van der Waals surface area contributed by atoms with E-state index in [9.17, 15) is 14.7 Å². The maximum Gasteiger partial charge on any atom is 0.328 e. The Morgan fingerprint density at radius 1 is 1.21 bits per heavy atom. The van der Waals surface area contributed by atoms with Crippen molar-refractivity contribution in [3.63, 3.8) is 0 Å². The maximum atomic E-state index is 11.1. The number of carbonyl (C=O) groups excluding carboxylic acids is 1. The molecule has 12 heteroatoms. The van der Waals surface area contributed by atoms with Crippen LogP contribution in [0.1, 0.15) is 13.3 Å². The van der Waals surface area contributed by atoms with Crippen molar-refractivity contribution in [2.75, 3.05) is 19.7 Å². The number of aliphatic hydroxyl groups is 2. The van der Waals surface area contributed by atoms with Gasteiger partial charge in [0, 0.05) is 25.6 Å². The Labute approximate surface area is 145 Å². The lowest BCUT2D eigenvalue weighted by Gasteiger charge is -2.23. The zero-order valence-corrected chi connectivity index (χ0v) is 14.2. The summed E-state index contributed by atoms with van der Waals surface area (Å²) >= 11 is 4.95. The molecule has 0 fully saturated rings. The summed E-state index contributed by atoms with van der Waals surface area (Å²) in [6, 6.07) is -2.25. The number of nitrogens with one attached hydrogen (secondary N) is 4. The van der Waals surface area contributed by atoms with E-state index >= 15 is 0 Å². The van der Waals surface area contributed by atoms with E-state index in [1.165, 1.54) is 0 Å². The van der Waals surface area contributed by atoms with Crippen LogP contribution in [0.2, 0.25) is 0 Å². The van der Waals surface area contributed by atoms with Crippen LogP contribution in [0.15, 0.2) is 0 Å². The molecule has 0 aliphatic carbocycles. The lowest BCUT2D eigenvalue weighted by Crippen LogP contribution is -2.55. The van der Waals surface area contributed by atoms with Crippen LogP contribution in [-0.4, -0.2) is 76.2 Å². The normalized spacial score (nSPS) is 15.8. The van der Waals surface area contributed by atoms with Gasteiger partial charge >= 0.3 is 5.97 Å². The van der Waals surface area contributed by atoms with Gasteiger partial charge in [0.2, 0.25) is 5.91 Å². The van der Waals surface area contributed by atoms with Crippen LogP contribution in [0.5, 0.6) is 0 Å². The molecular weight excluding hydrogens is 340 g/mol. The number of thiocarbonyl (C=S) groups is 1. The van der Waals surface area contributed by atoms with E-state index in [0.717, 1.165) is 0 Å². The summed E-state index contributed by atoms with van der Waals surface area (Å²) in [5.74, 6) is -1.84. The molecule has 11 N–H and O–H groups in total. The number of carboxylic acid groups (broad SMARTS) is 1. The average molecular weight is 366 g/mol. The van der Waals surface area contributed by atoms with Gasteiger partial charge in [-0.25, -0.2) is 4.79 Å². The first-order valence-corrected chi connectivity index (χ1v) is 7.66. The summed E-state index contributed by atoms with van der Waals surface area (Å²) in [5, 5.41) is 32.1. The van der Waals surface area contributed by atoms with E-state index in [1.807, 2.05) is 0 Å². The fourth-order valence-electron chi connectivity index (χ4n) is 1.54. The van der Waals surface area contributed by atoms with E-state index in [4.69, 9.17) is 33.9 Å². The number of primary amides is 1. The molecule has 11 nitrogen and oxygen atoms in total. The zero-order chi connectivity index (χ0) is 18.7. The Hall–Kier alpha value is -1.57. The number of hydrogen-bond donors (Lipinski definition) is 9. The monoisotopic (exact) mass is 366 g/mol. The van der Waals surface area contributed by atoms with Gasteiger partial charge in [-0.1, -0.05) is 0 Å². The number of hydrazine groups is 1. The first kappa shape index (κ1) is 22.4. The molecule has 0 aromatic heterocycles. The first-order valence-electron chi connectivity index (χ1n) is 7.25. The average Bonchev–Trinajstić information content (AvgIpc) is 2.47. The van der Waals surface area contributed by atoms with Crippen molar-refractivity contribution < 1.29 is 24.9 Å². The molecule has 0 aliphatic rings.